The van der Waals surface area contributed by atoms with Gasteiger partial charge in [0.15, 0.2) is 0 Å². The molecule has 0 bridgehead atoms. The second-order valence-electron chi connectivity index (χ2n) is 3.88. The van der Waals surface area contributed by atoms with Gasteiger partial charge in [0, 0.05) is 11.9 Å². The summed E-state index contributed by atoms with van der Waals surface area (Å²) in [5.41, 5.74) is 0.915. The molecule has 2 rings (SSSR count). The van der Waals surface area contributed by atoms with Crippen LogP contribution in [0.3, 0.4) is 0 Å². The molecule has 0 aliphatic carbocycles. The third-order valence-electron chi connectivity index (χ3n) is 2.62. The van der Waals surface area contributed by atoms with Crippen molar-refractivity contribution in [3.05, 3.63) is 40.7 Å². The lowest BCUT2D eigenvalue weighted by Gasteiger charge is -2.17. The van der Waals surface area contributed by atoms with Gasteiger partial charge in [-0.25, -0.2) is 4.68 Å². The number of aliphatic carboxylic acids is 1. The number of H-pyrrole nitrogens is 1. The minimum Gasteiger partial charge on any atom is -0.550 e. The molecule has 0 amide bonds. The number of carbonyl (C=O) groups is 1. The number of nitrogens with one attached hydrogen (secondary N) is 1. The summed E-state index contributed by atoms with van der Waals surface area (Å²) >= 11 is 4.96. The number of tetrazole rings is 1. The topological polar surface area (TPSA) is 86.6 Å². The second kappa shape index (κ2) is 5.54. The van der Waals surface area contributed by atoms with Gasteiger partial charge in [-0.2, -0.15) is 5.21 Å². The fraction of sp³-hybridized carbons (Fsp3) is 0.273. The SMILES string of the molecule is O=C([O-])C[C@H](Cn1[nH]nnc1=S)c1ccccc1. The van der Waals surface area contributed by atoms with Crippen LogP contribution in [0.5, 0.6) is 0 Å². The molecule has 18 heavy (non-hydrogen) atoms. The van der Waals surface area contributed by atoms with Gasteiger partial charge < -0.3 is 9.90 Å². The van der Waals surface area contributed by atoms with E-state index in [1.165, 1.54) is 4.68 Å². The van der Waals surface area contributed by atoms with Crippen LogP contribution < -0.4 is 5.11 Å². The lowest BCUT2D eigenvalue weighted by Crippen LogP contribution is -2.26. The first-order valence-corrected chi connectivity index (χ1v) is 5.80. The van der Waals surface area contributed by atoms with E-state index < -0.39 is 5.97 Å². The van der Waals surface area contributed by atoms with Crippen LogP contribution in [0.25, 0.3) is 0 Å². The van der Waals surface area contributed by atoms with Crippen molar-refractivity contribution >= 4 is 18.2 Å². The number of rotatable bonds is 5. The van der Waals surface area contributed by atoms with E-state index in [0.29, 0.717) is 11.3 Å². The molecule has 0 unspecified atom stereocenters. The summed E-state index contributed by atoms with van der Waals surface area (Å²) in [5, 5.41) is 20.6. The molecule has 0 radical (unpaired) electrons. The molecule has 0 aliphatic heterocycles. The number of benzene rings is 1. The Morgan fingerprint density at radius 2 is 2.17 bits per heavy atom. The number of nitrogens with zero attached hydrogens (tertiary/aromatic N) is 3. The maximum Gasteiger partial charge on any atom is 0.238 e. The number of carboxylic acid groups (broad SMARTS) is 1. The summed E-state index contributed by atoms with van der Waals surface area (Å²) in [7, 11) is 0. The van der Waals surface area contributed by atoms with Crippen LogP contribution in [0.15, 0.2) is 30.3 Å². The third kappa shape index (κ3) is 3.01. The van der Waals surface area contributed by atoms with E-state index in [9.17, 15) is 9.90 Å². The Kier molecular flexibility index (Phi) is 3.83. The maximum atomic E-state index is 10.8. The molecule has 0 saturated heterocycles. The van der Waals surface area contributed by atoms with Crippen molar-refractivity contribution in [2.45, 2.75) is 18.9 Å². The standard InChI is InChI=1S/C11H12N4O2S/c16-10(17)6-9(8-4-2-1-3-5-8)7-15-11(18)12-13-14-15/h1-5,9H,6-7H2,(H,16,17)(H,12,14,18)/p-1/t9-/m1/s1. The highest BCUT2D eigenvalue weighted by Gasteiger charge is 2.13. The number of hydrogen-bond acceptors (Lipinski definition) is 5. The number of aromatic amines is 1. The molecule has 0 saturated carbocycles. The zero-order chi connectivity index (χ0) is 13.0. The molecule has 1 N–H and O–H groups in total. The zero-order valence-electron chi connectivity index (χ0n) is 9.44. The normalized spacial score (nSPS) is 12.2. The van der Waals surface area contributed by atoms with E-state index in [-0.39, 0.29) is 12.3 Å². The van der Waals surface area contributed by atoms with Crippen molar-refractivity contribution in [2.24, 2.45) is 0 Å². The Hall–Kier alpha value is -2.02. The highest BCUT2D eigenvalue weighted by Crippen LogP contribution is 2.20. The Balaban J connectivity index is 2.24. The Morgan fingerprint density at radius 3 is 2.72 bits per heavy atom. The van der Waals surface area contributed by atoms with Crippen LogP contribution in [0, 0.1) is 4.77 Å². The Morgan fingerprint density at radius 1 is 1.44 bits per heavy atom. The molecule has 94 valence electrons. The van der Waals surface area contributed by atoms with E-state index in [4.69, 9.17) is 12.2 Å². The van der Waals surface area contributed by atoms with Gasteiger partial charge in [-0.15, -0.1) is 0 Å². The minimum absolute atomic E-state index is 0.0786. The number of aromatic nitrogens is 4. The average Bonchev–Trinajstić information content (AvgIpc) is 2.75. The number of carboxylic acids is 1. The first kappa shape index (κ1) is 12.4. The average molecular weight is 263 g/mol. The van der Waals surface area contributed by atoms with E-state index in [1.54, 1.807) is 0 Å². The molecule has 1 heterocycles. The van der Waals surface area contributed by atoms with Gasteiger partial charge in [-0.1, -0.05) is 40.6 Å². The fourth-order valence-electron chi connectivity index (χ4n) is 1.77. The van der Waals surface area contributed by atoms with E-state index in [2.05, 4.69) is 15.5 Å². The number of carbonyl (C=O) groups excluding carboxylic acids is 1. The lowest BCUT2D eigenvalue weighted by atomic mass is 9.96. The van der Waals surface area contributed by atoms with Gasteiger partial charge >= 0.3 is 0 Å². The highest BCUT2D eigenvalue weighted by molar-refractivity contribution is 7.71. The van der Waals surface area contributed by atoms with E-state index >= 15 is 0 Å². The van der Waals surface area contributed by atoms with Crippen molar-refractivity contribution in [1.29, 1.82) is 0 Å². The second-order valence-corrected chi connectivity index (χ2v) is 4.24. The van der Waals surface area contributed by atoms with Crippen LogP contribution in [-0.4, -0.2) is 26.2 Å². The molecule has 2 aromatic rings. The molecule has 1 aromatic heterocycles. The Bertz CT molecular complexity index is 578. The summed E-state index contributed by atoms with van der Waals surface area (Å²) in [6, 6.07) is 9.36. The van der Waals surface area contributed by atoms with Crippen LogP contribution in [0.1, 0.15) is 17.9 Å². The lowest BCUT2D eigenvalue weighted by molar-refractivity contribution is -0.306. The van der Waals surface area contributed by atoms with Gasteiger partial charge in [0.25, 0.3) is 0 Å². The molecule has 0 aliphatic rings. The smallest absolute Gasteiger partial charge is 0.238 e. The third-order valence-corrected chi connectivity index (χ3v) is 2.92. The van der Waals surface area contributed by atoms with Crippen LogP contribution >= 0.6 is 12.2 Å². The molecular formula is C11H11N4O2S-. The molecule has 0 fully saturated rings. The predicted molar refractivity (Wildman–Crippen MR) is 64.0 cm³/mol. The minimum atomic E-state index is -1.09. The van der Waals surface area contributed by atoms with E-state index in [0.717, 1.165) is 5.56 Å². The van der Waals surface area contributed by atoms with E-state index in [1.807, 2.05) is 30.3 Å². The van der Waals surface area contributed by atoms with Gasteiger partial charge in [0.05, 0.1) is 6.54 Å². The quantitative estimate of drug-likeness (QED) is 0.782. The predicted octanol–water partition coefficient (Wildman–Crippen LogP) is 0.259. The van der Waals surface area contributed by atoms with Crippen molar-refractivity contribution < 1.29 is 9.90 Å². The van der Waals surface area contributed by atoms with Crippen LogP contribution in [-0.2, 0) is 11.3 Å². The fourth-order valence-corrected chi connectivity index (χ4v) is 1.93. The van der Waals surface area contributed by atoms with Crippen molar-refractivity contribution in [1.82, 2.24) is 20.2 Å². The van der Waals surface area contributed by atoms with Gasteiger partial charge in [0.2, 0.25) is 4.77 Å². The Labute approximate surface area is 108 Å². The van der Waals surface area contributed by atoms with Crippen molar-refractivity contribution in [3.63, 3.8) is 0 Å². The summed E-state index contributed by atoms with van der Waals surface area (Å²) in [4.78, 5) is 10.8. The summed E-state index contributed by atoms with van der Waals surface area (Å²) in [6.45, 7) is 0.379. The summed E-state index contributed by atoms with van der Waals surface area (Å²) in [5.74, 6) is -1.33. The zero-order valence-corrected chi connectivity index (χ0v) is 10.3. The summed E-state index contributed by atoms with van der Waals surface area (Å²) < 4.78 is 1.84. The highest BCUT2D eigenvalue weighted by atomic mass is 32.1. The van der Waals surface area contributed by atoms with Gasteiger partial charge in [-0.3, -0.25) is 0 Å². The van der Waals surface area contributed by atoms with Gasteiger partial charge in [0.1, 0.15) is 0 Å². The molecule has 0 spiro atoms. The first-order chi connectivity index (χ1) is 8.66. The monoisotopic (exact) mass is 263 g/mol. The molecule has 6 nitrogen and oxygen atoms in total. The molecule has 1 aromatic carbocycles. The number of hydrogen-bond donors (Lipinski definition) is 1. The largest absolute Gasteiger partial charge is 0.550 e. The molecular weight excluding hydrogens is 252 g/mol. The molecule has 1 atom stereocenters. The van der Waals surface area contributed by atoms with Crippen LogP contribution in [0.2, 0.25) is 0 Å². The van der Waals surface area contributed by atoms with Crippen LogP contribution in [0.4, 0.5) is 0 Å². The van der Waals surface area contributed by atoms with Crippen molar-refractivity contribution in [3.8, 4) is 0 Å². The van der Waals surface area contributed by atoms with Crippen molar-refractivity contribution in [2.75, 3.05) is 0 Å². The maximum absolute atomic E-state index is 10.8. The van der Waals surface area contributed by atoms with Gasteiger partial charge in [-0.05, 0) is 24.2 Å². The first-order valence-electron chi connectivity index (χ1n) is 5.39. The summed E-state index contributed by atoms with van der Waals surface area (Å²) in [6.07, 6.45) is -0.0786. The molecule has 7 heteroatoms.